The first-order chi connectivity index (χ1) is 7.86. The van der Waals surface area contributed by atoms with E-state index in [1.54, 1.807) is 6.20 Å². The van der Waals surface area contributed by atoms with Crippen molar-refractivity contribution in [3.8, 4) is 0 Å². The molecule has 4 nitrogen and oxygen atoms in total. The average molecular weight is 221 g/mol. The molecule has 1 aliphatic rings. The monoisotopic (exact) mass is 221 g/mol. The van der Waals surface area contributed by atoms with E-state index in [9.17, 15) is 4.79 Å². The van der Waals surface area contributed by atoms with Gasteiger partial charge in [-0.25, -0.2) is 0 Å². The van der Waals surface area contributed by atoms with Crippen LogP contribution < -0.4 is 5.32 Å². The standard InChI is InChI=1S/C12H19N3O/c16-12(11-5-3-1-2-4-6-11)13-7-10-8-14-15-9-10/h8-9,11H,1-7H2,(H,13,16)(H,14,15). The summed E-state index contributed by atoms with van der Waals surface area (Å²) < 4.78 is 0. The van der Waals surface area contributed by atoms with E-state index < -0.39 is 0 Å². The van der Waals surface area contributed by atoms with Crippen LogP contribution in [0.1, 0.15) is 44.1 Å². The Hall–Kier alpha value is -1.32. The van der Waals surface area contributed by atoms with Crippen LogP contribution in [0.5, 0.6) is 0 Å². The SMILES string of the molecule is O=C(NCc1cn[nH]c1)C1CCCCCC1. The Morgan fingerprint density at radius 1 is 1.38 bits per heavy atom. The van der Waals surface area contributed by atoms with E-state index in [1.807, 2.05) is 6.20 Å². The molecule has 0 saturated heterocycles. The van der Waals surface area contributed by atoms with Gasteiger partial charge in [0.15, 0.2) is 0 Å². The maximum atomic E-state index is 11.9. The molecule has 1 aromatic heterocycles. The normalized spacial score (nSPS) is 18.0. The Morgan fingerprint density at radius 3 is 2.75 bits per heavy atom. The van der Waals surface area contributed by atoms with Gasteiger partial charge in [-0.1, -0.05) is 25.7 Å². The topological polar surface area (TPSA) is 57.8 Å². The molecule has 1 fully saturated rings. The minimum Gasteiger partial charge on any atom is -0.352 e. The minimum absolute atomic E-state index is 0.211. The van der Waals surface area contributed by atoms with Gasteiger partial charge in [0.2, 0.25) is 5.91 Å². The zero-order valence-electron chi connectivity index (χ0n) is 9.54. The second kappa shape index (κ2) is 5.68. The molecule has 2 rings (SSSR count). The van der Waals surface area contributed by atoms with Crippen LogP contribution in [0.2, 0.25) is 0 Å². The molecule has 1 heterocycles. The number of amides is 1. The molecule has 0 bridgehead atoms. The number of carbonyl (C=O) groups is 1. The first-order valence-electron chi connectivity index (χ1n) is 6.11. The highest BCUT2D eigenvalue weighted by atomic mass is 16.1. The van der Waals surface area contributed by atoms with E-state index in [0.29, 0.717) is 6.54 Å². The molecule has 0 unspecified atom stereocenters. The summed E-state index contributed by atoms with van der Waals surface area (Å²) >= 11 is 0. The predicted molar refractivity (Wildman–Crippen MR) is 61.6 cm³/mol. The highest BCUT2D eigenvalue weighted by molar-refractivity contribution is 5.78. The fraction of sp³-hybridized carbons (Fsp3) is 0.667. The number of carbonyl (C=O) groups excluding carboxylic acids is 1. The maximum absolute atomic E-state index is 11.9. The molecule has 0 radical (unpaired) electrons. The van der Waals surface area contributed by atoms with Crippen LogP contribution in [0.4, 0.5) is 0 Å². The van der Waals surface area contributed by atoms with Gasteiger partial charge in [0.25, 0.3) is 0 Å². The van der Waals surface area contributed by atoms with Crippen molar-refractivity contribution in [3.63, 3.8) is 0 Å². The van der Waals surface area contributed by atoms with Crippen molar-refractivity contribution >= 4 is 5.91 Å². The summed E-state index contributed by atoms with van der Waals surface area (Å²) in [7, 11) is 0. The lowest BCUT2D eigenvalue weighted by Gasteiger charge is -2.13. The number of aromatic amines is 1. The van der Waals surface area contributed by atoms with Gasteiger partial charge >= 0.3 is 0 Å². The van der Waals surface area contributed by atoms with Crippen molar-refractivity contribution in [1.82, 2.24) is 15.5 Å². The Labute approximate surface area is 95.8 Å². The van der Waals surface area contributed by atoms with E-state index in [2.05, 4.69) is 15.5 Å². The second-order valence-electron chi connectivity index (χ2n) is 4.51. The summed E-state index contributed by atoms with van der Waals surface area (Å²) in [5.74, 6) is 0.442. The van der Waals surface area contributed by atoms with Crippen molar-refractivity contribution < 1.29 is 4.79 Å². The van der Waals surface area contributed by atoms with Gasteiger partial charge in [-0.05, 0) is 12.8 Å². The summed E-state index contributed by atoms with van der Waals surface area (Å²) in [6.45, 7) is 0.589. The molecule has 4 heteroatoms. The molecule has 2 N–H and O–H groups in total. The van der Waals surface area contributed by atoms with Crippen molar-refractivity contribution in [2.24, 2.45) is 5.92 Å². The smallest absolute Gasteiger partial charge is 0.223 e. The highest BCUT2D eigenvalue weighted by Gasteiger charge is 2.19. The van der Waals surface area contributed by atoms with Crippen LogP contribution >= 0.6 is 0 Å². The third kappa shape index (κ3) is 3.08. The Kier molecular flexibility index (Phi) is 3.97. The average Bonchev–Trinajstić information content (AvgIpc) is 2.66. The molecular weight excluding hydrogens is 202 g/mol. The molecular formula is C12H19N3O. The lowest BCUT2D eigenvalue weighted by atomic mass is 9.99. The summed E-state index contributed by atoms with van der Waals surface area (Å²) in [5, 5.41) is 9.58. The van der Waals surface area contributed by atoms with Gasteiger partial charge in [-0.3, -0.25) is 9.89 Å². The quantitative estimate of drug-likeness (QED) is 0.767. The van der Waals surface area contributed by atoms with E-state index in [1.165, 1.54) is 25.7 Å². The Balaban J connectivity index is 1.78. The third-order valence-corrected chi connectivity index (χ3v) is 3.25. The van der Waals surface area contributed by atoms with E-state index in [-0.39, 0.29) is 11.8 Å². The number of hydrogen-bond acceptors (Lipinski definition) is 2. The van der Waals surface area contributed by atoms with Gasteiger partial charge in [-0.15, -0.1) is 0 Å². The van der Waals surface area contributed by atoms with Crippen LogP contribution in [0.3, 0.4) is 0 Å². The van der Waals surface area contributed by atoms with Crippen molar-refractivity contribution in [1.29, 1.82) is 0 Å². The van der Waals surface area contributed by atoms with Crippen LogP contribution in [0.15, 0.2) is 12.4 Å². The Morgan fingerprint density at radius 2 is 2.12 bits per heavy atom. The first-order valence-corrected chi connectivity index (χ1v) is 6.11. The fourth-order valence-electron chi connectivity index (χ4n) is 2.25. The summed E-state index contributed by atoms with van der Waals surface area (Å²) in [6, 6.07) is 0. The van der Waals surface area contributed by atoms with Gasteiger partial charge in [0.05, 0.1) is 6.20 Å². The van der Waals surface area contributed by atoms with Gasteiger partial charge < -0.3 is 5.32 Å². The van der Waals surface area contributed by atoms with E-state index >= 15 is 0 Å². The lowest BCUT2D eigenvalue weighted by Crippen LogP contribution is -2.29. The zero-order valence-corrected chi connectivity index (χ0v) is 9.54. The zero-order chi connectivity index (χ0) is 11.2. The summed E-state index contributed by atoms with van der Waals surface area (Å²) in [6.07, 6.45) is 10.6. The van der Waals surface area contributed by atoms with Crippen LogP contribution in [-0.2, 0) is 11.3 Å². The molecule has 0 aromatic carbocycles. The molecule has 0 atom stereocenters. The van der Waals surface area contributed by atoms with E-state index in [0.717, 1.165) is 18.4 Å². The molecule has 88 valence electrons. The number of nitrogens with zero attached hydrogens (tertiary/aromatic N) is 1. The number of H-pyrrole nitrogens is 1. The number of hydrogen-bond donors (Lipinski definition) is 2. The highest BCUT2D eigenvalue weighted by Crippen LogP contribution is 2.22. The molecule has 1 saturated carbocycles. The summed E-state index contributed by atoms with van der Waals surface area (Å²) in [5.41, 5.74) is 1.03. The third-order valence-electron chi connectivity index (χ3n) is 3.25. The largest absolute Gasteiger partial charge is 0.352 e. The molecule has 16 heavy (non-hydrogen) atoms. The van der Waals surface area contributed by atoms with Gasteiger partial charge in [0.1, 0.15) is 0 Å². The Bertz CT molecular complexity index is 313. The fourth-order valence-corrected chi connectivity index (χ4v) is 2.25. The van der Waals surface area contributed by atoms with Gasteiger partial charge in [-0.2, -0.15) is 5.10 Å². The van der Waals surface area contributed by atoms with E-state index in [4.69, 9.17) is 0 Å². The van der Waals surface area contributed by atoms with Crippen molar-refractivity contribution in [2.75, 3.05) is 0 Å². The summed E-state index contributed by atoms with van der Waals surface area (Å²) in [4.78, 5) is 11.9. The maximum Gasteiger partial charge on any atom is 0.223 e. The van der Waals surface area contributed by atoms with Crippen molar-refractivity contribution in [2.45, 2.75) is 45.1 Å². The second-order valence-corrected chi connectivity index (χ2v) is 4.51. The number of nitrogens with one attached hydrogen (secondary N) is 2. The molecule has 1 amide bonds. The number of aromatic nitrogens is 2. The predicted octanol–water partition coefficient (Wildman–Crippen LogP) is 2.00. The molecule has 1 aliphatic carbocycles. The number of rotatable bonds is 3. The first kappa shape index (κ1) is 11.2. The van der Waals surface area contributed by atoms with Crippen LogP contribution in [-0.4, -0.2) is 16.1 Å². The van der Waals surface area contributed by atoms with Gasteiger partial charge in [0, 0.05) is 24.2 Å². The molecule has 0 aliphatic heterocycles. The minimum atomic E-state index is 0.211. The van der Waals surface area contributed by atoms with Crippen LogP contribution in [0.25, 0.3) is 0 Å². The lowest BCUT2D eigenvalue weighted by molar-refractivity contribution is -0.125. The van der Waals surface area contributed by atoms with Crippen molar-refractivity contribution in [3.05, 3.63) is 18.0 Å². The molecule has 0 spiro atoms. The molecule has 1 aromatic rings. The van der Waals surface area contributed by atoms with Crippen LogP contribution in [0, 0.1) is 5.92 Å².